The number of nitrogens with one attached hydrogen (secondary N) is 1. The molecule has 2 unspecified atom stereocenters. The predicted molar refractivity (Wildman–Crippen MR) is 101 cm³/mol. The molecule has 0 amide bonds. The van der Waals surface area contributed by atoms with Gasteiger partial charge in [0.2, 0.25) is 0 Å². The maximum atomic E-state index is 12.8. The van der Waals surface area contributed by atoms with Gasteiger partial charge in [0.25, 0.3) is 0 Å². The van der Waals surface area contributed by atoms with Crippen LogP contribution in [0.1, 0.15) is 32.3 Å². The van der Waals surface area contributed by atoms with Crippen LogP contribution < -0.4 is 0 Å². The van der Waals surface area contributed by atoms with Crippen LogP contribution in [0.3, 0.4) is 0 Å². The molecule has 7 nitrogen and oxygen atoms in total. The van der Waals surface area contributed by atoms with Gasteiger partial charge < -0.3 is 9.47 Å². The molecule has 0 spiro atoms. The SMILES string of the molecule is CCOC(=O)C1=C(CN=N)N=C(C)C(C(=O)OCC)C1c1ccccc1Cl. The summed E-state index contributed by atoms with van der Waals surface area (Å²) in [4.78, 5) is 29.9. The number of ether oxygens (including phenoxy) is 2. The molecule has 0 aromatic heterocycles. The van der Waals surface area contributed by atoms with Gasteiger partial charge in [-0.25, -0.2) is 10.3 Å². The van der Waals surface area contributed by atoms with Gasteiger partial charge in [0.1, 0.15) is 12.5 Å². The van der Waals surface area contributed by atoms with Crippen LogP contribution in [0.5, 0.6) is 0 Å². The molecule has 1 aliphatic rings. The normalized spacial score (nSPS) is 19.3. The van der Waals surface area contributed by atoms with E-state index in [2.05, 4.69) is 10.1 Å². The minimum Gasteiger partial charge on any atom is -0.465 e. The number of halogens is 1. The second-order valence-electron chi connectivity index (χ2n) is 5.88. The molecule has 0 radical (unpaired) electrons. The lowest BCUT2D eigenvalue weighted by Crippen LogP contribution is -2.37. The lowest BCUT2D eigenvalue weighted by molar-refractivity contribution is -0.146. The van der Waals surface area contributed by atoms with E-state index in [1.807, 2.05) is 0 Å². The predicted octanol–water partition coefficient (Wildman–Crippen LogP) is 3.93. The molecule has 1 heterocycles. The van der Waals surface area contributed by atoms with Gasteiger partial charge in [-0.3, -0.25) is 9.79 Å². The van der Waals surface area contributed by atoms with Crippen LogP contribution in [0.25, 0.3) is 0 Å². The first-order chi connectivity index (χ1) is 13.0. The zero-order valence-electron chi connectivity index (χ0n) is 15.5. The summed E-state index contributed by atoms with van der Waals surface area (Å²) in [7, 11) is 0. The molecular formula is C19H22ClN3O4. The van der Waals surface area contributed by atoms with E-state index in [1.54, 1.807) is 45.0 Å². The van der Waals surface area contributed by atoms with Crippen molar-refractivity contribution in [3.8, 4) is 0 Å². The highest BCUT2D eigenvalue weighted by atomic mass is 35.5. The quantitative estimate of drug-likeness (QED) is 0.562. The molecule has 1 aromatic carbocycles. The van der Waals surface area contributed by atoms with E-state index in [0.717, 1.165) is 0 Å². The van der Waals surface area contributed by atoms with Crippen molar-refractivity contribution in [1.82, 2.24) is 0 Å². The first-order valence-electron chi connectivity index (χ1n) is 8.65. The Kier molecular flexibility index (Phi) is 7.24. The van der Waals surface area contributed by atoms with Crippen molar-refractivity contribution in [2.24, 2.45) is 16.0 Å². The number of hydrogen-bond donors (Lipinski definition) is 1. The highest BCUT2D eigenvalue weighted by molar-refractivity contribution is 6.31. The minimum absolute atomic E-state index is 0.0953. The average molecular weight is 392 g/mol. The Morgan fingerprint density at radius 2 is 1.89 bits per heavy atom. The van der Waals surface area contributed by atoms with E-state index in [0.29, 0.717) is 22.0 Å². The van der Waals surface area contributed by atoms with Crippen molar-refractivity contribution >= 4 is 29.3 Å². The first kappa shape index (κ1) is 20.8. The van der Waals surface area contributed by atoms with Crippen molar-refractivity contribution in [3.63, 3.8) is 0 Å². The molecule has 144 valence electrons. The number of hydrogen-bond acceptors (Lipinski definition) is 7. The van der Waals surface area contributed by atoms with Crippen molar-refractivity contribution in [2.75, 3.05) is 19.8 Å². The van der Waals surface area contributed by atoms with Gasteiger partial charge in [-0.05, 0) is 32.4 Å². The summed E-state index contributed by atoms with van der Waals surface area (Å²) in [5.74, 6) is -2.65. The maximum absolute atomic E-state index is 12.8. The van der Waals surface area contributed by atoms with E-state index in [-0.39, 0.29) is 25.3 Å². The maximum Gasteiger partial charge on any atom is 0.336 e. The van der Waals surface area contributed by atoms with Crippen molar-refractivity contribution < 1.29 is 19.1 Å². The van der Waals surface area contributed by atoms with Gasteiger partial charge in [-0.15, -0.1) is 0 Å². The number of carbonyl (C=O) groups excluding carboxylic acids is 2. The van der Waals surface area contributed by atoms with E-state index < -0.39 is 23.8 Å². The largest absolute Gasteiger partial charge is 0.465 e. The lowest BCUT2D eigenvalue weighted by atomic mass is 9.75. The van der Waals surface area contributed by atoms with Gasteiger partial charge in [-0.1, -0.05) is 29.8 Å². The van der Waals surface area contributed by atoms with Crippen LogP contribution in [0.15, 0.2) is 45.6 Å². The van der Waals surface area contributed by atoms with Crippen LogP contribution >= 0.6 is 11.6 Å². The molecule has 1 aliphatic heterocycles. The molecule has 0 bridgehead atoms. The zero-order valence-corrected chi connectivity index (χ0v) is 16.2. The van der Waals surface area contributed by atoms with Gasteiger partial charge in [0.15, 0.2) is 0 Å². The summed E-state index contributed by atoms with van der Waals surface area (Å²) in [5.41, 5.74) is 8.76. The minimum atomic E-state index is -0.821. The Morgan fingerprint density at radius 3 is 2.48 bits per heavy atom. The fraction of sp³-hybridized carbons (Fsp3) is 0.421. The zero-order chi connectivity index (χ0) is 20.0. The summed E-state index contributed by atoms with van der Waals surface area (Å²) in [5, 5.41) is 3.78. The summed E-state index contributed by atoms with van der Waals surface area (Å²) in [6.45, 7) is 5.36. The van der Waals surface area contributed by atoms with Crippen LogP contribution in [0.2, 0.25) is 5.02 Å². The van der Waals surface area contributed by atoms with Crippen LogP contribution in [0, 0.1) is 11.4 Å². The van der Waals surface area contributed by atoms with Crippen LogP contribution in [-0.2, 0) is 19.1 Å². The van der Waals surface area contributed by atoms with Crippen molar-refractivity contribution in [1.29, 1.82) is 5.53 Å². The molecule has 1 N–H and O–H groups in total. The second-order valence-corrected chi connectivity index (χ2v) is 6.29. The van der Waals surface area contributed by atoms with Crippen molar-refractivity contribution in [2.45, 2.75) is 26.7 Å². The molecule has 0 aliphatic carbocycles. The number of nitrogens with zero attached hydrogens (tertiary/aromatic N) is 2. The molecule has 2 atom stereocenters. The summed E-state index contributed by atoms with van der Waals surface area (Å²) >= 11 is 6.40. The van der Waals surface area contributed by atoms with E-state index >= 15 is 0 Å². The van der Waals surface area contributed by atoms with E-state index in [9.17, 15) is 9.59 Å². The fourth-order valence-electron chi connectivity index (χ4n) is 3.18. The number of benzene rings is 1. The molecule has 0 saturated carbocycles. The van der Waals surface area contributed by atoms with Gasteiger partial charge in [0, 0.05) is 16.7 Å². The number of rotatable bonds is 7. The summed E-state index contributed by atoms with van der Waals surface area (Å²) in [6, 6.07) is 6.99. The second kappa shape index (κ2) is 9.41. The monoisotopic (exact) mass is 391 g/mol. The Hall–Kier alpha value is -2.54. The molecule has 8 heteroatoms. The molecule has 0 fully saturated rings. The van der Waals surface area contributed by atoms with Crippen LogP contribution in [0.4, 0.5) is 0 Å². The molecule has 1 aromatic rings. The fourth-order valence-corrected chi connectivity index (χ4v) is 3.43. The third-order valence-electron chi connectivity index (χ3n) is 4.22. The Labute approximate surface area is 162 Å². The van der Waals surface area contributed by atoms with Crippen LogP contribution in [-0.4, -0.2) is 37.4 Å². The molecule has 0 saturated heterocycles. The molecule has 2 rings (SSSR count). The highest BCUT2D eigenvalue weighted by Gasteiger charge is 2.43. The molecule has 27 heavy (non-hydrogen) atoms. The third kappa shape index (κ3) is 4.42. The first-order valence-corrected chi connectivity index (χ1v) is 9.03. The Balaban J connectivity index is 2.73. The van der Waals surface area contributed by atoms with Gasteiger partial charge in [-0.2, -0.15) is 5.11 Å². The smallest absolute Gasteiger partial charge is 0.336 e. The highest BCUT2D eigenvalue weighted by Crippen LogP contribution is 2.42. The number of carbonyl (C=O) groups is 2. The van der Waals surface area contributed by atoms with E-state index in [4.69, 9.17) is 26.6 Å². The summed E-state index contributed by atoms with van der Waals surface area (Å²) in [6.07, 6.45) is 0. The number of esters is 2. The standard InChI is InChI=1S/C19H22ClN3O4/c1-4-26-18(24)15-11(3)23-14(10-22-21)17(19(25)27-5-2)16(15)12-8-6-7-9-13(12)20/h6-9,15-16,21H,4-5,10H2,1-3H3. The van der Waals surface area contributed by atoms with Crippen molar-refractivity contribution in [3.05, 3.63) is 46.1 Å². The Morgan fingerprint density at radius 1 is 1.22 bits per heavy atom. The summed E-state index contributed by atoms with van der Waals surface area (Å²) < 4.78 is 10.4. The van der Waals surface area contributed by atoms with Gasteiger partial charge in [0.05, 0.1) is 24.5 Å². The lowest BCUT2D eigenvalue weighted by Gasteiger charge is -2.32. The molecular weight excluding hydrogens is 370 g/mol. The Bertz CT molecular complexity index is 804. The topological polar surface area (TPSA) is 101 Å². The average Bonchev–Trinajstić information content (AvgIpc) is 2.62. The van der Waals surface area contributed by atoms with E-state index in [1.165, 1.54) is 0 Å². The number of aliphatic imine (C=N–C) groups is 1. The van der Waals surface area contributed by atoms with Gasteiger partial charge >= 0.3 is 11.9 Å². The third-order valence-corrected chi connectivity index (χ3v) is 4.57.